The topological polar surface area (TPSA) is 52.8 Å². The zero-order valence-corrected chi connectivity index (χ0v) is 16.1. The lowest BCUT2D eigenvalue weighted by Gasteiger charge is -2.23. The minimum Gasteiger partial charge on any atom is -0.485 e. The third kappa shape index (κ3) is 3.28. The number of fused-ring (bicyclic) bond motifs is 2. The summed E-state index contributed by atoms with van der Waals surface area (Å²) in [6.45, 7) is 8.71. The van der Waals surface area contributed by atoms with Gasteiger partial charge in [0.25, 0.3) is 5.91 Å². The number of rotatable bonds is 3. The van der Waals surface area contributed by atoms with Crippen molar-refractivity contribution in [3.05, 3.63) is 65.0 Å². The molecule has 2 aromatic carbocycles. The number of hydrogen-bond acceptors (Lipinski definition) is 4. The minimum atomic E-state index is -0.745. The van der Waals surface area contributed by atoms with Crippen molar-refractivity contribution in [1.29, 1.82) is 0 Å². The zero-order valence-electron chi connectivity index (χ0n) is 15.3. The first-order valence-corrected chi connectivity index (χ1v) is 9.57. The quantitative estimate of drug-likeness (QED) is 0.650. The lowest BCUT2D eigenvalue weighted by molar-refractivity contribution is -0.127. The number of carbonyl (C=O) groups is 1. The molecule has 0 N–H and O–H groups in total. The molecule has 1 aliphatic heterocycles. The van der Waals surface area contributed by atoms with Gasteiger partial charge in [0.05, 0.1) is 10.2 Å². The summed E-state index contributed by atoms with van der Waals surface area (Å²) in [5.41, 5.74) is 3.41. The monoisotopic (exact) mass is 380 g/mol. The van der Waals surface area contributed by atoms with Gasteiger partial charge in [0.2, 0.25) is 6.10 Å². The summed E-state index contributed by atoms with van der Waals surface area (Å²) in [5, 5.41) is 0. The highest BCUT2D eigenvalue weighted by molar-refractivity contribution is 7.16. The molecule has 1 amide bonds. The molecule has 1 aromatic heterocycles. The Morgan fingerprint density at radius 2 is 2.11 bits per heavy atom. The van der Waals surface area contributed by atoms with Gasteiger partial charge in [-0.1, -0.05) is 35.6 Å². The Morgan fingerprint density at radius 1 is 1.33 bits per heavy atom. The number of thiazole rings is 1. The van der Waals surface area contributed by atoms with Gasteiger partial charge in [0.1, 0.15) is 6.61 Å². The van der Waals surface area contributed by atoms with Crippen LogP contribution < -0.4 is 14.3 Å². The fraction of sp³-hybridized carbons (Fsp3) is 0.238. The fourth-order valence-electron chi connectivity index (χ4n) is 3.21. The SMILES string of the molecule is C=CCn1c(=NC(=O)[C@H]2COc3ccccc3O2)sc2c(C)cc(C)cc21. The van der Waals surface area contributed by atoms with Gasteiger partial charge in [-0.15, -0.1) is 6.58 Å². The van der Waals surface area contributed by atoms with E-state index in [2.05, 4.69) is 37.6 Å². The van der Waals surface area contributed by atoms with Crippen LogP contribution in [0.5, 0.6) is 11.5 Å². The van der Waals surface area contributed by atoms with Crippen molar-refractivity contribution in [3.63, 3.8) is 0 Å². The van der Waals surface area contributed by atoms with Crippen molar-refractivity contribution >= 4 is 27.5 Å². The minimum absolute atomic E-state index is 0.157. The number of ether oxygens (including phenoxy) is 2. The molecule has 0 radical (unpaired) electrons. The van der Waals surface area contributed by atoms with Crippen molar-refractivity contribution in [2.45, 2.75) is 26.5 Å². The van der Waals surface area contributed by atoms with Crippen molar-refractivity contribution in [1.82, 2.24) is 4.57 Å². The molecule has 2 heterocycles. The Bertz CT molecular complexity index is 1110. The zero-order chi connectivity index (χ0) is 19.0. The molecule has 4 rings (SSSR count). The second-order valence-electron chi connectivity index (χ2n) is 6.53. The van der Waals surface area contributed by atoms with Crippen LogP contribution in [0.1, 0.15) is 11.1 Å². The first kappa shape index (κ1) is 17.5. The van der Waals surface area contributed by atoms with E-state index >= 15 is 0 Å². The number of para-hydroxylation sites is 2. The predicted octanol–water partition coefficient (Wildman–Crippen LogP) is 3.77. The van der Waals surface area contributed by atoms with E-state index in [-0.39, 0.29) is 12.5 Å². The highest BCUT2D eigenvalue weighted by Gasteiger charge is 2.27. The molecule has 0 unspecified atom stereocenters. The Kier molecular flexibility index (Phi) is 4.58. The van der Waals surface area contributed by atoms with Crippen LogP contribution in [-0.4, -0.2) is 23.2 Å². The lowest BCUT2D eigenvalue weighted by atomic mass is 10.1. The number of allylic oxidation sites excluding steroid dienone is 1. The van der Waals surface area contributed by atoms with Crippen molar-refractivity contribution in [2.75, 3.05) is 6.61 Å². The number of benzene rings is 2. The Morgan fingerprint density at radius 3 is 2.89 bits per heavy atom. The molecule has 27 heavy (non-hydrogen) atoms. The maximum Gasteiger partial charge on any atom is 0.292 e. The Hall–Kier alpha value is -2.86. The lowest BCUT2D eigenvalue weighted by Crippen LogP contribution is -2.36. The molecule has 0 aliphatic carbocycles. The fourth-order valence-corrected chi connectivity index (χ4v) is 4.31. The van der Waals surface area contributed by atoms with E-state index in [0.717, 1.165) is 10.2 Å². The van der Waals surface area contributed by atoms with Crippen LogP contribution in [0.2, 0.25) is 0 Å². The summed E-state index contributed by atoms with van der Waals surface area (Å²) in [6, 6.07) is 11.6. The smallest absolute Gasteiger partial charge is 0.292 e. The molecule has 1 atom stereocenters. The maximum atomic E-state index is 12.8. The molecule has 0 bridgehead atoms. The summed E-state index contributed by atoms with van der Waals surface area (Å²) in [5.74, 6) is 0.874. The molecule has 0 fully saturated rings. The number of carbonyl (C=O) groups excluding carboxylic acids is 1. The van der Waals surface area contributed by atoms with Crippen LogP contribution >= 0.6 is 11.3 Å². The van der Waals surface area contributed by atoms with E-state index in [1.807, 2.05) is 28.8 Å². The van der Waals surface area contributed by atoms with E-state index in [0.29, 0.717) is 22.8 Å². The third-order valence-corrected chi connectivity index (χ3v) is 5.65. The number of amides is 1. The van der Waals surface area contributed by atoms with Crippen LogP contribution in [0, 0.1) is 13.8 Å². The average Bonchev–Trinajstić information content (AvgIpc) is 2.99. The largest absolute Gasteiger partial charge is 0.485 e. The summed E-state index contributed by atoms with van der Waals surface area (Å²) in [7, 11) is 0. The van der Waals surface area contributed by atoms with Crippen LogP contribution in [0.25, 0.3) is 10.2 Å². The molecule has 138 valence electrons. The van der Waals surface area contributed by atoms with E-state index in [1.54, 1.807) is 6.07 Å². The summed E-state index contributed by atoms with van der Waals surface area (Å²) in [6.07, 6.45) is 1.06. The highest BCUT2D eigenvalue weighted by Crippen LogP contribution is 2.31. The van der Waals surface area contributed by atoms with Gasteiger partial charge >= 0.3 is 0 Å². The van der Waals surface area contributed by atoms with Crippen molar-refractivity contribution in [3.8, 4) is 11.5 Å². The predicted molar refractivity (Wildman–Crippen MR) is 106 cm³/mol. The van der Waals surface area contributed by atoms with E-state index in [9.17, 15) is 4.79 Å². The summed E-state index contributed by atoms with van der Waals surface area (Å²) >= 11 is 1.51. The molecule has 0 saturated heterocycles. The molecule has 1 aliphatic rings. The van der Waals surface area contributed by atoms with Gasteiger partial charge in [-0.3, -0.25) is 4.79 Å². The molecule has 0 saturated carbocycles. The molecule has 5 nitrogen and oxygen atoms in total. The van der Waals surface area contributed by atoms with E-state index in [1.165, 1.54) is 22.5 Å². The van der Waals surface area contributed by atoms with Gasteiger partial charge < -0.3 is 14.0 Å². The second kappa shape index (κ2) is 7.04. The molecule has 6 heteroatoms. The first-order chi connectivity index (χ1) is 13.1. The van der Waals surface area contributed by atoms with Crippen molar-refractivity contribution in [2.24, 2.45) is 4.99 Å². The van der Waals surface area contributed by atoms with Gasteiger partial charge in [0, 0.05) is 6.54 Å². The van der Waals surface area contributed by atoms with Gasteiger partial charge in [0.15, 0.2) is 16.3 Å². The standard InChI is InChI=1S/C21H20N2O3S/c1-4-9-23-15-11-13(2)10-14(3)19(15)27-21(23)22-20(24)18-12-25-16-7-5-6-8-17(16)26-18/h4-8,10-11,18H,1,9,12H2,2-3H3/t18-/m1/s1. The second-order valence-corrected chi connectivity index (χ2v) is 7.51. The van der Waals surface area contributed by atoms with E-state index in [4.69, 9.17) is 9.47 Å². The van der Waals surface area contributed by atoms with E-state index < -0.39 is 6.10 Å². The normalized spacial score (nSPS) is 16.5. The summed E-state index contributed by atoms with van der Waals surface area (Å²) in [4.78, 5) is 17.8. The van der Waals surface area contributed by atoms with Crippen LogP contribution in [-0.2, 0) is 11.3 Å². The van der Waals surface area contributed by atoms with Crippen LogP contribution in [0.3, 0.4) is 0 Å². The highest BCUT2D eigenvalue weighted by atomic mass is 32.1. The number of hydrogen-bond donors (Lipinski definition) is 0. The van der Waals surface area contributed by atoms with Crippen molar-refractivity contribution < 1.29 is 14.3 Å². The molecule has 3 aromatic rings. The van der Waals surface area contributed by atoms with Gasteiger partial charge in [-0.05, 0) is 43.2 Å². The number of aryl methyl sites for hydroxylation is 2. The Labute approximate surface area is 161 Å². The van der Waals surface area contributed by atoms with Gasteiger partial charge in [-0.25, -0.2) is 0 Å². The summed E-state index contributed by atoms with van der Waals surface area (Å²) < 4.78 is 14.6. The molecular weight excluding hydrogens is 360 g/mol. The third-order valence-electron chi connectivity index (χ3n) is 4.42. The maximum absolute atomic E-state index is 12.8. The van der Waals surface area contributed by atoms with Crippen LogP contribution in [0.15, 0.2) is 54.0 Å². The average molecular weight is 380 g/mol. The van der Waals surface area contributed by atoms with Gasteiger partial charge in [-0.2, -0.15) is 4.99 Å². The first-order valence-electron chi connectivity index (χ1n) is 8.75. The molecular formula is C21H20N2O3S. The Balaban J connectivity index is 1.74. The number of aromatic nitrogens is 1. The molecule has 0 spiro atoms. The van der Waals surface area contributed by atoms with Crippen LogP contribution in [0.4, 0.5) is 0 Å². The number of nitrogens with zero attached hydrogens (tertiary/aromatic N) is 2.